The second kappa shape index (κ2) is 3.81. The van der Waals surface area contributed by atoms with E-state index in [1.807, 2.05) is 5.32 Å². The van der Waals surface area contributed by atoms with Gasteiger partial charge < -0.3 is 11.1 Å². The van der Waals surface area contributed by atoms with Crippen LogP contribution in [0.15, 0.2) is 0 Å². The van der Waals surface area contributed by atoms with Gasteiger partial charge in [0.2, 0.25) is 5.91 Å². The monoisotopic (exact) mass is 211 g/mol. The summed E-state index contributed by atoms with van der Waals surface area (Å²) in [5, 5.41) is 5.13. The third-order valence-electron chi connectivity index (χ3n) is 3.36. The van der Waals surface area contributed by atoms with Crippen LogP contribution in [0.25, 0.3) is 0 Å². The number of imide groups is 1. The summed E-state index contributed by atoms with van der Waals surface area (Å²) in [6.45, 7) is 1.07. The standard InChI is InChI=1S/C10H17N3O2/c11-9(15)13-8(14)5-12-6-10(3-4-10)7-1-2-7/h7,12H,1-6H2,(H3,11,13,14,15). The van der Waals surface area contributed by atoms with E-state index in [1.165, 1.54) is 25.7 Å². The molecule has 0 aromatic rings. The van der Waals surface area contributed by atoms with Gasteiger partial charge in [0.15, 0.2) is 0 Å². The van der Waals surface area contributed by atoms with E-state index in [9.17, 15) is 9.59 Å². The fraction of sp³-hybridized carbons (Fsp3) is 0.800. The summed E-state index contributed by atoms with van der Waals surface area (Å²) in [5.74, 6) is 0.526. The molecule has 2 aliphatic rings. The van der Waals surface area contributed by atoms with Crippen molar-refractivity contribution >= 4 is 11.9 Å². The number of nitrogens with one attached hydrogen (secondary N) is 2. The smallest absolute Gasteiger partial charge is 0.318 e. The minimum atomic E-state index is -0.787. The molecular weight excluding hydrogens is 194 g/mol. The van der Waals surface area contributed by atoms with Gasteiger partial charge >= 0.3 is 6.03 Å². The molecule has 0 unspecified atom stereocenters. The third kappa shape index (κ3) is 2.68. The maximum absolute atomic E-state index is 11.1. The highest BCUT2D eigenvalue weighted by molar-refractivity contribution is 5.94. The minimum absolute atomic E-state index is 0.178. The first-order valence-corrected chi connectivity index (χ1v) is 5.42. The fourth-order valence-corrected chi connectivity index (χ4v) is 2.19. The summed E-state index contributed by atoms with van der Waals surface area (Å²) < 4.78 is 0. The summed E-state index contributed by atoms with van der Waals surface area (Å²) in [4.78, 5) is 21.4. The number of nitrogens with two attached hydrogens (primary N) is 1. The summed E-state index contributed by atoms with van der Waals surface area (Å²) in [5.41, 5.74) is 5.30. The van der Waals surface area contributed by atoms with Gasteiger partial charge in [-0.1, -0.05) is 0 Å². The van der Waals surface area contributed by atoms with Crippen molar-refractivity contribution < 1.29 is 9.59 Å². The molecule has 2 saturated carbocycles. The Morgan fingerprint density at radius 1 is 1.33 bits per heavy atom. The number of carbonyl (C=O) groups excluding carboxylic acids is 2. The van der Waals surface area contributed by atoms with Crippen LogP contribution in [-0.2, 0) is 4.79 Å². The van der Waals surface area contributed by atoms with Crippen LogP contribution in [0.3, 0.4) is 0 Å². The van der Waals surface area contributed by atoms with E-state index in [-0.39, 0.29) is 12.5 Å². The molecule has 0 aromatic heterocycles. The summed E-state index contributed by atoms with van der Waals surface area (Å²) in [6, 6.07) is -0.787. The van der Waals surface area contributed by atoms with E-state index in [2.05, 4.69) is 5.32 Å². The van der Waals surface area contributed by atoms with Crippen LogP contribution in [0.4, 0.5) is 4.79 Å². The first-order valence-electron chi connectivity index (χ1n) is 5.42. The zero-order chi connectivity index (χ0) is 10.9. The lowest BCUT2D eigenvalue weighted by molar-refractivity contribution is -0.119. The Bertz CT molecular complexity index is 282. The van der Waals surface area contributed by atoms with Crippen molar-refractivity contribution in [1.82, 2.24) is 10.6 Å². The second-order valence-electron chi connectivity index (χ2n) is 4.65. The van der Waals surface area contributed by atoms with Gasteiger partial charge in [0, 0.05) is 6.54 Å². The largest absolute Gasteiger partial charge is 0.351 e. The lowest BCUT2D eigenvalue weighted by atomic mass is 10.0. The highest BCUT2D eigenvalue weighted by atomic mass is 16.2. The van der Waals surface area contributed by atoms with Crippen LogP contribution < -0.4 is 16.4 Å². The predicted octanol–water partition coefficient (Wildman–Crippen LogP) is -0.0389. The maximum atomic E-state index is 11.1. The van der Waals surface area contributed by atoms with Gasteiger partial charge in [0.25, 0.3) is 0 Å². The third-order valence-corrected chi connectivity index (χ3v) is 3.36. The molecule has 84 valence electrons. The lowest BCUT2D eigenvalue weighted by Gasteiger charge is -2.14. The number of carbonyl (C=O) groups is 2. The van der Waals surface area contributed by atoms with Crippen molar-refractivity contribution in [2.75, 3.05) is 13.1 Å². The Balaban J connectivity index is 1.62. The number of hydrogen-bond donors (Lipinski definition) is 3. The summed E-state index contributed by atoms with van der Waals surface area (Å²) in [6.07, 6.45) is 5.24. The first kappa shape index (κ1) is 10.4. The molecule has 0 heterocycles. The number of hydrogen-bond acceptors (Lipinski definition) is 3. The molecule has 0 aromatic carbocycles. The van der Waals surface area contributed by atoms with Crippen molar-refractivity contribution in [2.24, 2.45) is 17.1 Å². The highest BCUT2D eigenvalue weighted by Gasteiger charge is 2.53. The second-order valence-corrected chi connectivity index (χ2v) is 4.65. The molecule has 0 aliphatic heterocycles. The van der Waals surface area contributed by atoms with E-state index < -0.39 is 6.03 Å². The van der Waals surface area contributed by atoms with Crippen molar-refractivity contribution in [3.63, 3.8) is 0 Å². The molecule has 2 fully saturated rings. The van der Waals surface area contributed by atoms with Crippen molar-refractivity contribution in [2.45, 2.75) is 25.7 Å². The molecule has 15 heavy (non-hydrogen) atoms. The molecule has 4 N–H and O–H groups in total. The quantitative estimate of drug-likeness (QED) is 0.596. The van der Waals surface area contributed by atoms with E-state index in [0.717, 1.165) is 12.5 Å². The number of primary amides is 1. The summed E-state index contributed by atoms with van der Waals surface area (Å²) in [7, 11) is 0. The number of urea groups is 1. The predicted molar refractivity (Wildman–Crippen MR) is 55.0 cm³/mol. The number of amides is 3. The molecule has 3 amide bonds. The van der Waals surface area contributed by atoms with Gasteiger partial charge in [-0.05, 0) is 37.0 Å². The van der Waals surface area contributed by atoms with Gasteiger partial charge in [0.05, 0.1) is 6.54 Å². The van der Waals surface area contributed by atoms with Crippen molar-refractivity contribution in [3.8, 4) is 0 Å². The van der Waals surface area contributed by atoms with Crippen LogP contribution in [0.1, 0.15) is 25.7 Å². The summed E-state index contributed by atoms with van der Waals surface area (Å²) >= 11 is 0. The molecule has 0 spiro atoms. The molecule has 0 bridgehead atoms. The molecule has 0 atom stereocenters. The zero-order valence-electron chi connectivity index (χ0n) is 8.71. The SMILES string of the molecule is NC(=O)NC(=O)CNCC1(C2CC2)CC1. The van der Waals surface area contributed by atoms with Crippen LogP contribution in [0.5, 0.6) is 0 Å². The van der Waals surface area contributed by atoms with Gasteiger partial charge in [-0.3, -0.25) is 10.1 Å². The minimum Gasteiger partial charge on any atom is -0.351 e. The molecule has 5 heteroatoms. The van der Waals surface area contributed by atoms with Gasteiger partial charge in [0.1, 0.15) is 0 Å². The normalized spacial score (nSPS) is 22.1. The molecule has 0 radical (unpaired) electrons. The average Bonchev–Trinajstić information content (AvgIpc) is 2.98. The van der Waals surface area contributed by atoms with Crippen molar-refractivity contribution in [3.05, 3.63) is 0 Å². The highest BCUT2D eigenvalue weighted by Crippen LogP contribution is 2.60. The van der Waals surface area contributed by atoms with Crippen LogP contribution in [0, 0.1) is 11.3 Å². The van der Waals surface area contributed by atoms with Crippen LogP contribution in [0.2, 0.25) is 0 Å². The number of rotatable bonds is 5. The van der Waals surface area contributed by atoms with E-state index in [4.69, 9.17) is 5.73 Å². The molecule has 0 saturated heterocycles. The zero-order valence-corrected chi connectivity index (χ0v) is 8.71. The van der Waals surface area contributed by atoms with E-state index in [1.54, 1.807) is 0 Å². The Labute approximate surface area is 88.8 Å². The van der Waals surface area contributed by atoms with E-state index >= 15 is 0 Å². The first-order chi connectivity index (χ1) is 7.12. The Kier molecular flexibility index (Phi) is 2.65. The van der Waals surface area contributed by atoms with Gasteiger partial charge in [-0.15, -0.1) is 0 Å². The van der Waals surface area contributed by atoms with Gasteiger partial charge in [-0.2, -0.15) is 0 Å². The van der Waals surface area contributed by atoms with Crippen LogP contribution in [-0.4, -0.2) is 25.0 Å². The average molecular weight is 211 g/mol. The maximum Gasteiger partial charge on any atom is 0.318 e. The molecule has 2 aliphatic carbocycles. The van der Waals surface area contributed by atoms with Crippen LogP contribution >= 0.6 is 0 Å². The molecule has 2 rings (SSSR count). The van der Waals surface area contributed by atoms with E-state index in [0.29, 0.717) is 5.41 Å². The fourth-order valence-electron chi connectivity index (χ4n) is 2.19. The Morgan fingerprint density at radius 2 is 2.00 bits per heavy atom. The van der Waals surface area contributed by atoms with Crippen molar-refractivity contribution in [1.29, 1.82) is 0 Å². The Morgan fingerprint density at radius 3 is 2.47 bits per heavy atom. The molecule has 5 nitrogen and oxygen atoms in total. The topological polar surface area (TPSA) is 84.2 Å². The lowest BCUT2D eigenvalue weighted by Crippen LogP contribution is -2.41. The van der Waals surface area contributed by atoms with Gasteiger partial charge in [-0.25, -0.2) is 4.79 Å². The Hall–Kier alpha value is -1.10. The molecular formula is C10H17N3O2.